The van der Waals surface area contributed by atoms with Gasteiger partial charge in [0.2, 0.25) is 0 Å². The molecular weight excluding hydrogens is 336 g/mol. The van der Waals surface area contributed by atoms with E-state index in [2.05, 4.69) is 35.1 Å². The predicted molar refractivity (Wildman–Crippen MR) is 86.4 cm³/mol. The van der Waals surface area contributed by atoms with E-state index < -0.39 is 4.92 Å². The maximum absolute atomic E-state index is 12.2. The topological polar surface area (TPSA) is 72.2 Å². The lowest BCUT2D eigenvalue weighted by Crippen LogP contribution is -2.32. The van der Waals surface area contributed by atoms with Crippen molar-refractivity contribution in [1.82, 2.24) is 5.32 Å². The Balaban J connectivity index is 2.66. The van der Waals surface area contributed by atoms with Crippen molar-refractivity contribution >= 4 is 27.5 Å². The molecule has 0 heterocycles. The van der Waals surface area contributed by atoms with Crippen molar-refractivity contribution in [3.8, 4) is 0 Å². The molecule has 5 nitrogen and oxygen atoms in total. The van der Waals surface area contributed by atoms with Crippen molar-refractivity contribution in [3.63, 3.8) is 0 Å². The lowest BCUT2D eigenvalue weighted by atomic mass is 10.0. The number of rotatable bonds is 7. The third kappa shape index (κ3) is 5.83. The number of non-ortho nitro benzene ring substituents is 1. The Morgan fingerprint density at radius 2 is 2.00 bits per heavy atom. The molecule has 0 bridgehead atoms. The van der Waals surface area contributed by atoms with Crippen molar-refractivity contribution < 1.29 is 9.72 Å². The van der Waals surface area contributed by atoms with Crippen LogP contribution in [0, 0.1) is 16.0 Å². The third-order valence-corrected chi connectivity index (χ3v) is 3.89. The standard InChI is InChI=1S/C15H21BrN2O3/c1-10(2)5-4-6-11(3)17-15(19)13-9-12(18(20)21)7-8-14(13)16/h7-11H,4-6H2,1-3H3,(H,17,19). The Bertz CT molecular complexity index is 518. The second-order valence-corrected chi connectivity index (χ2v) is 6.47. The summed E-state index contributed by atoms with van der Waals surface area (Å²) in [7, 11) is 0. The Morgan fingerprint density at radius 1 is 1.33 bits per heavy atom. The number of nitrogens with zero attached hydrogens (tertiary/aromatic N) is 1. The van der Waals surface area contributed by atoms with Crippen LogP contribution in [0.3, 0.4) is 0 Å². The molecule has 0 aliphatic rings. The molecule has 1 unspecified atom stereocenters. The average molecular weight is 357 g/mol. The second kappa shape index (κ2) is 8.12. The molecule has 1 aromatic rings. The van der Waals surface area contributed by atoms with Crippen molar-refractivity contribution in [3.05, 3.63) is 38.3 Å². The van der Waals surface area contributed by atoms with Crippen LogP contribution in [-0.4, -0.2) is 16.9 Å². The minimum atomic E-state index is -0.505. The highest BCUT2D eigenvalue weighted by atomic mass is 79.9. The Labute approximate surface area is 133 Å². The van der Waals surface area contributed by atoms with E-state index >= 15 is 0 Å². The summed E-state index contributed by atoms with van der Waals surface area (Å²) >= 11 is 3.26. The van der Waals surface area contributed by atoms with Gasteiger partial charge < -0.3 is 5.32 Å². The summed E-state index contributed by atoms with van der Waals surface area (Å²) in [4.78, 5) is 22.5. The van der Waals surface area contributed by atoms with Gasteiger partial charge in [-0.3, -0.25) is 14.9 Å². The van der Waals surface area contributed by atoms with Crippen LogP contribution in [0.5, 0.6) is 0 Å². The van der Waals surface area contributed by atoms with Gasteiger partial charge in [0.15, 0.2) is 0 Å². The minimum absolute atomic E-state index is 0.0439. The first-order valence-corrected chi connectivity index (χ1v) is 7.85. The van der Waals surface area contributed by atoms with Gasteiger partial charge in [0, 0.05) is 22.6 Å². The maximum atomic E-state index is 12.2. The van der Waals surface area contributed by atoms with E-state index in [1.165, 1.54) is 18.2 Å². The minimum Gasteiger partial charge on any atom is -0.350 e. The second-order valence-electron chi connectivity index (χ2n) is 5.62. The van der Waals surface area contributed by atoms with Crippen LogP contribution in [0.25, 0.3) is 0 Å². The van der Waals surface area contributed by atoms with Crippen LogP contribution < -0.4 is 5.32 Å². The fourth-order valence-corrected chi connectivity index (χ4v) is 2.43. The monoisotopic (exact) mass is 356 g/mol. The van der Waals surface area contributed by atoms with Crippen LogP contribution in [0.2, 0.25) is 0 Å². The summed E-state index contributed by atoms with van der Waals surface area (Å²) in [6, 6.07) is 4.23. The number of amides is 1. The van der Waals surface area contributed by atoms with E-state index in [1.54, 1.807) is 0 Å². The fraction of sp³-hybridized carbons (Fsp3) is 0.533. The van der Waals surface area contributed by atoms with Crippen LogP contribution in [0.4, 0.5) is 5.69 Å². The van der Waals surface area contributed by atoms with Crippen LogP contribution >= 0.6 is 15.9 Å². The van der Waals surface area contributed by atoms with Gasteiger partial charge in [0.1, 0.15) is 0 Å². The molecule has 0 radical (unpaired) electrons. The Hall–Kier alpha value is -1.43. The number of hydrogen-bond donors (Lipinski definition) is 1. The summed E-state index contributed by atoms with van der Waals surface area (Å²) < 4.78 is 0.556. The Kier molecular flexibility index (Phi) is 6.81. The SMILES string of the molecule is CC(C)CCCC(C)NC(=O)c1cc([N+](=O)[O-])ccc1Br. The molecule has 1 rings (SSSR count). The maximum Gasteiger partial charge on any atom is 0.270 e. The summed E-state index contributed by atoms with van der Waals surface area (Å²) in [5.74, 6) is 0.362. The number of hydrogen-bond acceptors (Lipinski definition) is 3. The van der Waals surface area contributed by atoms with Gasteiger partial charge in [-0.25, -0.2) is 0 Å². The highest BCUT2D eigenvalue weighted by Crippen LogP contribution is 2.22. The van der Waals surface area contributed by atoms with Gasteiger partial charge >= 0.3 is 0 Å². The highest BCUT2D eigenvalue weighted by Gasteiger charge is 2.17. The van der Waals surface area contributed by atoms with E-state index in [1.807, 2.05) is 6.92 Å². The molecule has 0 saturated heterocycles. The molecule has 116 valence electrons. The van der Waals surface area contributed by atoms with E-state index in [-0.39, 0.29) is 17.6 Å². The zero-order valence-electron chi connectivity index (χ0n) is 12.6. The first-order valence-electron chi connectivity index (χ1n) is 7.06. The van der Waals surface area contributed by atoms with Crippen molar-refractivity contribution in [1.29, 1.82) is 0 Å². The molecule has 0 aliphatic heterocycles. The number of nitro groups is 1. The number of nitrogens with one attached hydrogen (secondary N) is 1. The average Bonchev–Trinajstić information content (AvgIpc) is 2.38. The predicted octanol–water partition coefficient (Wildman–Crippen LogP) is 4.30. The lowest BCUT2D eigenvalue weighted by molar-refractivity contribution is -0.384. The van der Waals surface area contributed by atoms with Gasteiger partial charge in [0.25, 0.3) is 11.6 Å². The van der Waals surface area contributed by atoms with Gasteiger partial charge in [-0.15, -0.1) is 0 Å². The summed E-state index contributed by atoms with van der Waals surface area (Å²) in [5.41, 5.74) is 0.204. The zero-order valence-corrected chi connectivity index (χ0v) is 14.1. The van der Waals surface area contributed by atoms with Gasteiger partial charge in [-0.1, -0.05) is 26.7 Å². The third-order valence-electron chi connectivity index (χ3n) is 3.20. The number of halogens is 1. The molecule has 0 spiro atoms. The molecule has 1 atom stereocenters. The summed E-state index contributed by atoms with van der Waals surface area (Å²) in [6.07, 6.45) is 3.08. The smallest absolute Gasteiger partial charge is 0.270 e. The molecule has 1 N–H and O–H groups in total. The zero-order chi connectivity index (χ0) is 16.0. The number of carbonyl (C=O) groups excluding carboxylic acids is 1. The van der Waals surface area contributed by atoms with Crippen molar-refractivity contribution in [2.24, 2.45) is 5.92 Å². The first-order chi connectivity index (χ1) is 9.81. The van der Waals surface area contributed by atoms with Crippen LogP contribution in [-0.2, 0) is 0 Å². The lowest BCUT2D eigenvalue weighted by Gasteiger charge is -2.15. The van der Waals surface area contributed by atoms with Crippen molar-refractivity contribution in [2.75, 3.05) is 0 Å². The molecule has 1 aromatic carbocycles. The molecular formula is C15H21BrN2O3. The van der Waals surface area contributed by atoms with Crippen molar-refractivity contribution in [2.45, 2.75) is 46.1 Å². The highest BCUT2D eigenvalue weighted by molar-refractivity contribution is 9.10. The first kappa shape index (κ1) is 17.6. The van der Waals surface area contributed by atoms with Crippen LogP contribution in [0.15, 0.2) is 22.7 Å². The van der Waals surface area contributed by atoms with Gasteiger partial charge in [-0.2, -0.15) is 0 Å². The van der Waals surface area contributed by atoms with Gasteiger partial charge in [0.05, 0.1) is 10.5 Å². The summed E-state index contributed by atoms with van der Waals surface area (Å²) in [5, 5.41) is 13.7. The van der Waals surface area contributed by atoms with E-state index in [9.17, 15) is 14.9 Å². The molecule has 1 amide bonds. The number of carbonyl (C=O) groups is 1. The van der Waals surface area contributed by atoms with E-state index in [0.717, 1.165) is 19.3 Å². The molecule has 21 heavy (non-hydrogen) atoms. The molecule has 6 heteroatoms. The normalized spacial score (nSPS) is 12.2. The van der Waals surface area contributed by atoms with Gasteiger partial charge in [-0.05, 0) is 41.3 Å². The van der Waals surface area contributed by atoms with Crippen LogP contribution in [0.1, 0.15) is 50.4 Å². The Morgan fingerprint density at radius 3 is 2.57 bits per heavy atom. The van der Waals surface area contributed by atoms with E-state index in [0.29, 0.717) is 16.0 Å². The summed E-state index contributed by atoms with van der Waals surface area (Å²) in [6.45, 7) is 6.29. The molecule has 0 fully saturated rings. The molecule has 0 aliphatic carbocycles. The molecule has 0 saturated carbocycles. The fourth-order valence-electron chi connectivity index (χ4n) is 2.01. The molecule has 0 aromatic heterocycles. The largest absolute Gasteiger partial charge is 0.350 e. The van der Waals surface area contributed by atoms with E-state index in [4.69, 9.17) is 0 Å². The quantitative estimate of drug-likeness (QED) is 0.584. The number of benzene rings is 1. The number of nitro benzene ring substituents is 1.